The van der Waals surface area contributed by atoms with Gasteiger partial charge in [-0.15, -0.1) is 10.2 Å². The van der Waals surface area contributed by atoms with Gasteiger partial charge in [-0.2, -0.15) is 0 Å². The third kappa shape index (κ3) is 9.64. The Morgan fingerprint density at radius 1 is 0.859 bits per heavy atom. The minimum atomic E-state index is -4.90. The normalized spacial score (nSPS) is 17.7. The van der Waals surface area contributed by atoms with Crippen molar-refractivity contribution in [3.8, 4) is 11.5 Å². The lowest BCUT2D eigenvalue weighted by molar-refractivity contribution is -0.198. The van der Waals surface area contributed by atoms with Gasteiger partial charge in [-0.3, -0.25) is 19.2 Å². The first-order valence-electron chi connectivity index (χ1n) is 25.3. The fourth-order valence-electron chi connectivity index (χ4n) is 11.4. The van der Waals surface area contributed by atoms with Crippen LogP contribution in [0.5, 0.6) is 11.5 Å². The van der Waals surface area contributed by atoms with Crippen LogP contribution in [-0.2, 0) is 51.7 Å². The lowest BCUT2D eigenvalue weighted by atomic mass is 9.78. The van der Waals surface area contributed by atoms with Crippen molar-refractivity contribution in [3.05, 3.63) is 121 Å². The molecule has 408 valence electrons. The SMILES string of the molecule is CC1=CC(C)(C)N2CCCc3c4c(cc1c32)C(c1c(F)c(F)c(F)c(F)c1C(=O)N(C)N=Nc1ccc(NC(=O)CCOCCC(=O)ON2C(=O)CCC2=O)cc1)=c1cc2c3c(c1O4)CCC[N+]=3C(C)(C)C=C2CS(=O)(=O)[O-]. The number of halogens is 4. The van der Waals surface area contributed by atoms with Crippen LogP contribution in [0.1, 0.15) is 117 Å². The van der Waals surface area contributed by atoms with E-state index in [-0.39, 0.29) is 83.6 Å². The number of rotatable bonds is 14. The number of carbonyl (C=O) groups is 5. The van der Waals surface area contributed by atoms with Gasteiger partial charge in [-0.05, 0) is 93.7 Å². The molecule has 0 spiro atoms. The zero-order chi connectivity index (χ0) is 55.9. The number of imide groups is 1. The summed E-state index contributed by atoms with van der Waals surface area (Å²) < 4.78 is 118. The molecule has 6 aliphatic rings. The number of amides is 4. The van der Waals surface area contributed by atoms with Crippen molar-refractivity contribution in [1.29, 1.82) is 0 Å². The average Bonchev–Trinajstić information content (AvgIpc) is 3.83. The van der Waals surface area contributed by atoms with Gasteiger partial charge in [0.1, 0.15) is 18.0 Å². The van der Waals surface area contributed by atoms with Crippen molar-refractivity contribution in [2.24, 2.45) is 10.3 Å². The Morgan fingerprint density at radius 3 is 2.24 bits per heavy atom. The highest BCUT2D eigenvalue weighted by molar-refractivity contribution is 7.86. The maximum Gasteiger partial charge on any atom is 0.335 e. The minimum absolute atomic E-state index is 0.0149. The van der Waals surface area contributed by atoms with Gasteiger partial charge in [-0.1, -0.05) is 11.3 Å². The molecule has 0 unspecified atom stereocenters. The quantitative estimate of drug-likeness (QED) is 0.0139. The van der Waals surface area contributed by atoms with E-state index in [9.17, 15) is 36.9 Å². The second-order valence-electron chi connectivity index (χ2n) is 21.0. The summed E-state index contributed by atoms with van der Waals surface area (Å²) in [7, 11) is -3.84. The lowest BCUT2D eigenvalue weighted by Crippen LogP contribution is -2.53. The van der Waals surface area contributed by atoms with Crippen LogP contribution in [0, 0.1) is 23.3 Å². The zero-order valence-corrected chi connectivity index (χ0v) is 44.2. The highest BCUT2D eigenvalue weighted by Gasteiger charge is 2.44. The van der Waals surface area contributed by atoms with Crippen LogP contribution in [0.3, 0.4) is 0 Å². The van der Waals surface area contributed by atoms with E-state index in [0.717, 1.165) is 23.9 Å². The van der Waals surface area contributed by atoms with Crippen LogP contribution in [0.25, 0.3) is 16.7 Å². The van der Waals surface area contributed by atoms with Crippen molar-refractivity contribution < 1.29 is 68.8 Å². The van der Waals surface area contributed by atoms with Gasteiger partial charge >= 0.3 is 5.97 Å². The number of nitrogens with zero attached hydrogens (tertiary/aromatic N) is 6. The van der Waals surface area contributed by atoms with Crippen molar-refractivity contribution in [3.63, 3.8) is 0 Å². The Balaban J connectivity index is 1.01. The molecule has 10 rings (SSSR count). The molecule has 4 aromatic rings. The number of benzene rings is 4. The molecule has 0 bridgehead atoms. The van der Waals surface area contributed by atoms with Gasteiger partial charge in [0.15, 0.2) is 28.8 Å². The molecule has 78 heavy (non-hydrogen) atoms. The summed E-state index contributed by atoms with van der Waals surface area (Å²) >= 11 is 0. The fraction of sp³-hybridized carbons (Fsp3) is 0.382. The maximum absolute atomic E-state index is 17.4. The summed E-state index contributed by atoms with van der Waals surface area (Å²) in [6.07, 6.45) is 5.31. The average molecular weight is 1100 g/mol. The van der Waals surface area contributed by atoms with E-state index >= 15 is 17.6 Å². The Labute approximate surface area is 445 Å². The second-order valence-corrected chi connectivity index (χ2v) is 22.4. The molecule has 0 atom stereocenters. The molecule has 1 fully saturated rings. The Morgan fingerprint density at radius 2 is 1.54 bits per heavy atom. The zero-order valence-electron chi connectivity index (χ0n) is 43.4. The number of allylic oxidation sites excluding steroid dienone is 1. The molecule has 0 aromatic heterocycles. The first-order valence-corrected chi connectivity index (χ1v) is 26.9. The standard InChI is InChI=1S/C55H53F4N7O11S/c1-28-25-54(2,3)64-19-7-9-32-49(64)34(28)23-36-42(37-24-35-29(27-78(72,73)74)26-55(4,5)65-20-8-10-33(50(35)65)52(37)76-51(32)36)43-44(46(57)48(59)47(58)45(43)56)53(71)63(6)62-61-31-13-11-30(12-14-31)60-38(67)17-21-75-22-18-41(70)77-66-39(68)15-16-40(66)69/h11-14,23-26H,7-10,15-22,27H2,1-6H3,(H-,60,62,67,72,73,74). The molecule has 1 N–H and O–H groups in total. The number of fused-ring (bicyclic) bond motifs is 4. The smallest absolute Gasteiger partial charge is 0.335 e. The molecule has 6 aliphatic heterocycles. The van der Waals surface area contributed by atoms with Crippen molar-refractivity contribution in [1.82, 2.24) is 14.6 Å². The van der Waals surface area contributed by atoms with Crippen LogP contribution < -0.4 is 30.1 Å². The molecular weight excluding hydrogens is 1040 g/mol. The van der Waals surface area contributed by atoms with Gasteiger partial charge in [0.2, 0.25) is 11.3 Å². The monoisotopic (exact) mass is 1100 g/mol. The summed E-state index contributed by atoms with van der Waals surface area (Å²) in [5, 5.41) is 12.2. The number of ether oxygens (including phenoxy) is 2. The molecule has 23 heteroatoms. The predicted molar refractivity (Wildman–Crippen MR) is 273 cm³/mol. The van der Waals surface area contributed by atoms with Crippen LogP contribution in [0.15, 0.2) is 58.9 Å². The number of hydroxylamine groups is 2. The molecule has 6 heterocycles. The largest absolute Gasteiger partial charge is 0.748 e. The van der Waals surface area contributed by atoms with Crippen LogP contribution in [0.4, 0.5) is 34.6 Å². The molecule has 18 nitrogen and oxygen atoms in total. The number of hydrogen-bond donors (Lipinski definition) is 1. The van der Waals surface area contributed by atoms with Gasteiger partial charge < -0.3 is 29.1 Å². The van der Waals surface area contributed by atoms with E-state index in [1.54, 1.807) is 12.1 Å². The molecule has 0 radical (unpaired) electrons. The lowest BCUT2D eigenvalue weighted by Gasteiger charge is -2.47. The number of hydrogen-bond acceptors (Lipinski definition) is 14. The van der Waals surface area contributed by atoms with E-state index < -0.39 is 90.9 Å². The maximum atomic E-state index is 17.4. The van der Waals surface area contributed by atoms with Crippen molar-refractivity contribution >= 4 is 73.5 Å². The molecule has 4 amide bonds. The molecular formula is C55H53F4N7O11S. The summed E-state index contributed by atoms with van der Waals surface area (Å²) in [6.45, 7) is 10.8. The van der Waals surface area contributed by atoms with Gasteiger partial charge in [-0.25, -0.2) is 40.4 Å². The Bertz CT molecular complexity index is 3670. The van der Waals surface area contributed by atoms with E-state index in [0.29, 0.717) is 71.0 Å². The molecule has 4 aromatic carbocycles. The number of nitrogens with one attached hydrogen (secondary N) is 1. The van der Waals surface area contributed by atoms with Crippen molar-refractivity contribution in [2.75, 3.05) is 49.3 Å². The molecule has 0 aliphatic carbocycles. The first kappa shape index (κ1) is 53.8. The number of anilines is 2. The summed E-state index contributed by atoms with van der Waals surface area (Å²) in [6, 6.07) is 8.92. The van der Waals surface area contributed by atoms with Gasteiger partial charge in [0.25, 0.3) is 17.7 Å². The molecule has 0 saturated carbocycles. The summed E-state index contributed by atoms with van der Waals surface area (Å²) in [4.78, 5) is 69.7. The third-order valence-electron chi connectivity index (χ3n) is 14.8. The highest BCUT2D eigenvalue weighted by Crippen LogP contribution is 2.53. The summed E-state index contributed by atoms with van der Waals surface area (Å²) in [5.41, 5.74) is 0.949. The first-order chi connectivity index (χ1) is 36.8. The van der Waals surface area contributed by atoms with Crippen LogP contribution >= 0.6 is 0 Å². The van der Waals surface area contributed by atoms with E-state index in [1.165, 1.54) is 30.3 Å². The molecule has 1 saturated heterocycles. The van der Waals surface area contributed by atoms with Gasteiger partial charge in [0, 0.05) is 85.4 Å². The second kappa shape index (κ2) is 20.0. The Kier molecular flexibility index (Phi) is 13.8. The summed E-state index contributed by atoms with van der Waals surface area (Å²) in [5.74, 6) is -12.9. The topological polar surface area (TPSA) is 220 Å². The minimum Gasteiger partial charge on any atom is -0.748 e. The predicted octanol–water partition coefficient (Wildman–Crippen LogP) is 6.82. The van der Waals surface area contributed by atoms with E-state index in [1.807, 2.05) is 20.8 Å². The van der Waals surface area contributed by atoms with E-state index in [2.05, 4.69) is 45.1 Å². The third-order valence-corrected chi connectivity index (χ3v) is 15.4. The highest BCUT2D eigenvalue weighted by atomic mass is 32.2. The number of carbonyl (C=O) groups excluding carboxylic acids is 5. The van der Waals surface area contributed by atoms with E-state index in [4.69, 9.17) is 14.3 Å². The van der Waals surface area contributed by atoms with Crippen molar-refractivity contribution in [2.45, 2.75) is 97.1 Å². The fourth-order valence-corrected chi connectivity index (χ4v) is 12.0. The van der Waals surface area contributed by atoms with Crippen LogP contribution in [0.2, 0.25) is 0 Å². The van der Waals surface area contributed by atoms with Crippen LogP contribution in [-0.4, -0.2) is 103 Å². The van der Waals surface area contributed by atoms with Gasteiger partial charge in [0.05, 0.1) is 75.5 Å². The Hall–Kier alpha value is -7.63.